The molecule has 1 aromatic carbocycles. The summed E-state index contributed by atoms with van der Waals surface area (Å²) in [6.07, 6.45) is -3.24. The van der Waals surface area contributed by atoms with Crippen LogP contribution in [0.25, 0.3) is 0 Å². The van der Waals surface area contributed by atoms with E-state index in [9.17, 15) is 22.8 Å². The van der Waals surface area contributed by atoms with E-state index >= 15 is 0 Å². The second-order valence-electron chi connectivity index (χ2n) is 6.21. The SMILES string of the molecule is O=C(O)C(=O)OC1(c2cccc(C(F)(F)F)c2)CN2CCC1CC2. The maximum absolute atomic E-state index is 13.0. The first kappa shape index (κ1) is 16.8. The predicted molar refractivity (Wildman–Crippen MR) is 76.0 cm³/mol. The van der Waals surface area contributed by atoms with Gasteiger partial charge in [-0.1, -0.05) is 12.1 Å². The highest BCUT2D eigenvalue weighted by Crippen LogP contribution is 2.46. The number of esters is 1. The Morgan fingerprint density at radius 2 is 1.92 bits per heavy atom. The normalized spacial score (nSPS) is 29.3. The van der Waals surface area contributed by atoms with Gasteiger partial charge >= 0.3 is 18.1 Å². The Labute approximate surface area is 136 Å². The van der Waals surface area contributed by atoms with Crippen molar-refractivity contribution < 1.29 is 32.6 Å². The van der Waals surface area contributed by atoms with Gasteiger partial charge in [-0.25, -0.2) is 9.59 Å². The molecule has 130 valence electrons. The van der Waals surface area contributed by atoms with E-state index in [0.29, 0.717) is 12.8 Å². The van der Waals surface area contributed by atoms with Crippen LogP contribution in [0.3, 0.4) is 0 Å². The van der Waals surface area contributed by atoms with Crippen molar-refractivity contribution in [3.05, 3.63) is 35.4 Å². The summed E-state index contributed by atoms with van der Waals surface area (Å²) < 4.78 is 44.4. The fraction of sp³-hybridized carbons (Fsp3) is 0.500. The fourth-order valence-corrected chi connectivity index (χ4v) is 3.69. The summed E-state index contributed by atoms with van der Waals surface area (Å²) in [6.45, 7) is 1.73. The zero-order valence-corrected chi connectivity index (χ0v) is 12.7. The highest BCUT2D eigenvalue weighted by atomic mass is 19.4. The first-order valence-corrected chi connectivity index (χ1v) is 7.59. The minimum absolute atomic E-state index is 0.196. The van der Waals surface area contributed by atoms with Crippen molar-refractivity contribution in [2.24, 2.45) is 5.92 Å². The first-order chi connectivity index (χ1) is 11.2. The molecule has 3 saturated heterocycles. The third-order valence-corrected chi connectivity index (χ3v) is 4.83. The van der Waals surface area contributed by atoms with Crippen molar-refractivity contribution in [3.63, 3.8) is 0 Å². The number of rotatable bonds is 2. The maximum Gasteiger partial charge on any atom is 0.418 e. The molecule has 0 amide bonds. The van der Waals surface area contributed by atoms with Crippen LogP contribution in [0, 0.1) is 5.92 Å². The third-order valence-electron chi connectivity index (χ3n) is 4.83. The molecule has 1 N–H and O–H groups in total. The van der Waals surface area contributed by atoms with E-state index in [1.54, 1.807) is 0 Å². The highest BCUT2D eigenvalue weighted by Gasteiger charge is 2.52. The number of halogens is 3. The fourth-order valence-electron chi connectivity index (χ4n) is 3.69. The van der Waals surface area contributed by atoms with Gasteiger partial charge in [0.05, 0.1) is 5.56 Å². The summed E-state index contributed by atoms with van der Waals surface area (Å²) in [5.74, 6) is -3.40. The van der Waals surface area contributed by atoms with E-state index in [0.717, 1.165) is 25.2 Å². The van der Waals surface area contributed by atoms with Crippen molar-refractivity contribution in [3.8, 4) is 0 Å². The Kier molecular flexibility index (Phi) is 4.03. The first-order valence-electron chi connectivity index (χ1n) is 7.59. The smallest absolute Gasteiger partial charge is 0.418 e. The van der Waals surface area contributed by atoms with Gasteiger partial charge in [-0.15, -0.1) is 0 Å². The number of ether oxygens (including phenoxy) is 1. The highest BCUT2D eigenvalue weighted by molar-refractivity contribution is 6.28. The number of fused-ring (bicyclic) bond motifs is 3. The summed E-state index contributed by atoms with van der Waals surface area (Å²) in [4.78, 5) is 24.6. The molecule has 0 aromatic heterocycles. The number of carbonyl (C=O) groups excluding carboxylic acids is 1. The molecular formula is C16H16F3NO4. The van der Waals surface area contributed by atoms with E-state index in [4.69, 9.17) is 9.84 Å². The van der Waals surface area contributed by atoms with E-state index in [1.807, 2.05) is 4.90 Å². The predicted octanol–water partition coefficient (Wildman–Crippen LogP) is 2.25. The van der Waals surface area contributed by atoms with Crippen LogP contribution in [0.15, 0.2) is 24.3 Å². The van der Waals surface area contributed by atoms with Crippen LogP contribution in [-0.2, 0) is 26.1 Å². The van der Waals surface area contributed by atoms with Crippen LogP contribution in [0.5, 0.6) is 0 Å². The van der Waals surface area contributed by atoms with Crippen LogP contribution < -0.4 is 0 Å². The summed E-state index contributed by atoms with van der Waals surface area (Å²) in [6, 6.07) is 4.62. The molecule has 1 aromatic rings. The zero-order chi connectivity index (χ0) is 17.5. The van der Waals surface area contributed by atoms with Crippen molar-refractivity contribution in [2.45, 2.75) is 24.6 Å². The van der Waals surface area contributed by atoms with Crippen molar-refractivity contribution in [1.29, 1.82) is 0 Å². The Balaban J connectivity index is 2.06. The Hall–Kier alpha value is -2.09. The molecule has 5 nitrogen and oxygen atoms in total. The van der Waals surface area contributed by atoms with Crippen LogP contribution >= 0.6 is 0 Å². The second-order valence-corrected chi connectivity index (χ2v) is 6.21. The van der Waals surface area contributed by atoms with Gasteiger partial charge in [-0.3, -0.25) is 4.90 Å². The standard InChI is InChI=1S/C16H16F3NO4/c17-16(18,19)12-3-1-2-11(8-12)15(24-14(23)13(21)22)9-20-6-4-10(15)5-7-20/h1-3,8,10H,4-7,9H2,(H,21,22). The lowest BCUT2D eigenvalue weighted by molar-refractivity contribution is -0.194. The summed E-state index contributed by atoms with van der Waals surface area (Å²) in [5, 5.41) is 8.86. The van der Waals surface area contributed by atoms with Crippen LogP contribution in [-0.4, -0.2) is 41.6 Å². The number of piperidine rings is 3. The Morgan fingerprint density at radius 3 is 2.42 bits per heavy atom. The molecule has 0 saturated carbocycles. The minimum Gasteiger partial charge on any atom is -0.473 e. The number of carboxylic acids is 1. The van der Waals surface area contributed by atoms with Crippen molar-refractivity contribution >= 4 is 11.9 Å². The van der Waals surface area contributed by atoms with Gasteiger partial charge in [0.25, 0.3) is 0 Å². The Bertz CT molecular complexity index is 668. The van der Waals surface area contributed by atoms with Gasteiger partial charge in [0.15, 0.2) is 5.60 Å². The second kappa shape index (κ2) is 5.77. The van der Waals surface area contributed by atoms with Crippen molar-refractivity contribution in [1.82, 2.24) is 4.90 Å². The quantitative estimate of drug-likeness (QED) is 0.659. The van der Waals surface area contributed by atoms with Gasteiger partial charge in [-0.2, -0.15) is 13.2 Å². The number of alkyl halides is 3. The minimum atomic E-state index is -4.53. The van der Waals surface area contributed by atoms with E-state index in [1.165, 1.54) is 12.1 Å². The zero-order valence-electron chi connectivity index (χ0n) is 12.7. The lowest BCUT2D eigenvalue weighted by Gasteiger charge is -2.52. The largest absolute Gasteiger partial charge is 0.473 e. The average molecular weight is 343 g/mol. The van der Waals surface area contributed by atoms with E-state index in [-0.39, 0.29) is 18.0 Å². The van der Waals surface area contributed by atoms with Gasteiger partial charge in [-0.05, 0) is 43.6 Å². The number of hydrogen-bond donors (Lipinski definition) is 1. The lowest BCUT2D eigenvalue weighted by atomic mass is 9.71. The van der Waals surface area contributed by atoms with Crippen LogP contribution in [0.1, 0.15) is 24.0 Å². The molecule has 24 heavy (non-hydrogen) atoms. The number of aliphatic carboxylic acids is 1. The van der Waals surface area contributed by atoms with E-state index < -0.39 is 29.3 Å². The molecule has 0 radical (unpaired) electrons. The summed E-state index contributed by atoms with van der Waals surface area (Å²) >= 11 is 0. The molecule has 3 fully saturated rings. The molecule has 3 aliphatic heterocycles. The monoisotopic (exact) mass is 343 g/mol. The molecule has 2 bridgehead atoms. The number of nitrogens with zero attached hydrogens (tertiary/aromatic N) is 1. The molecule has 3 aliphatic rings. The summed E-state index contributed by atoms with van der Waals surface area (Å²) in [7, 11) is 0. The average Bonchev–Trinajstić information content (AvgIpc) is 2.55. The number of carboxylic acid groups (broad SMARTS) is 1. The molecule has 1 atom stereocenters. The molecule has 3 heterocycles. The van der Waals surface area contributed by atoms with E-state index in [2.05, 4.69) is 0 Å². The molecule has 0 spiro atoms. The van der Waals surface area contributed by atoms with Crippen LogP contribution in [0.2, 0.25) is 0 Å². The lowest BCUT2D eigenvalue weighted by Crippen LogP contribution is -2.59. The van der Waals surface area contributed by atoms with Gasteiger partial charge < -0.3 is 9.84 Å². The number of carbonyl (C=O) groups is 2. The molecule has 1 unspecified atom stereocenters. The number of benzene rings is 1. The van der Waals surface area contributed by atoms with Gasteiger partial charge in [0.2, 0.25) is 0 Å². The van der Waals surface area contributed by atoms with Crippen LogP contribution in [0.4, 0.5) is 13.2 Å². The molecule has 0 aliphatic carbocycles. The number of hydrogen-bond acceptors (Lipinski definition) is 4. The third kappa shape index (κ3) is 2.86. The maximum atomic E-state index is 13.0. The molecular weight excluding hydrogens is 327 g/mol. The molecule has 8 heteroatoms. The topological polar surface area (TPSA) is 66.8 Å². The Morgan fingerprint density at radius 1 is 1.25 bits per heavy atom. The summed E-state index contributed by atoms with van der Waals surface area (Å²) in [5.41, 5.74) is -2.00. The van der Waals surface area contributed by atoms with Gasteiger partial charge in [0.1, 0.15) is 0 Å². The van der Waals surface area contributed by atoms with Gasteiger partial charge in [0, 0.05) is 12.5 Å². The molecule has 4 rings (SSSR count). The van der Waals surface area contributed by atoms with Crippen molar-refractivity contribution in [2.75, 3.05) is 19.6 Å².